The van der Waals surface area contributed by atoms with Crippen molar-refractivity contribution in [2.24, 2.45) is 0 Å². The molecular formula is C19H17F3N4O4. The average Bonchev–Trinajstić information content (AvgIpc) is 2.87. The molecule has 8 nitrogen and oxygen atoms in total. The van der Waals surface area contributed by atoms with E-state index in [0.717, 1.165) is 17.2 Å². The molecule has 0 radical (unpaired) electrons. The predicted octanol–water partition coefficient (Wildman–Crippen LogP) is 3.11. The smallest absolute Gasteiger partial charge is 0.422 e. The highest BCUT2D eigenvalue weighted by atomic mass is 19.4. The first-order valence-electron chi connectivity index (χ1n) is 8.70. The summed E-state index contributed by atoms with van der Waals surface area (Å²) >= 11 is 0. The number of carbonyl (C=O) groups excluding carboxylic acids is 3. The predicted molar refractivity (Wildman–Crippen MR) is 100 cm³/mol. The summed E-state index contributed by atoms with van der Waals surface area (Å²) in [7, 11) is 0. The summed E-state index contributed by atoms with van der Waals surface area (Å²) in [5.74, 6) is -1.29. The quantitative estimate of drug-likeness (QED) is 0.722. The van der Waals surface area contributed by atoms with Crippen molar-refractivity contribution in [3.05, 3.63) is 48.2 Å². The van der Waals surface area contributed by atoms with E-state index < -0.39 is 36.2 Å². The van der Waals surface area contributed by atoms with Crippen molar-refractivity contribution >= 4 is 29.2 Å². The second-order valence-electron chi connectivity index (χ2n) is 6.99. The molecule has 0 saturated carbocycles. The minimum Gasteiger partial charge on any atom is -0.468 e. The molecule has 2 aromatic rings. The summed E-state index contributed by atoms with van der Waals surface area (Å²) in [6, 6.07) is 7.94. The third kappa shape index (κ3) is 4.67. The number of amides is 4. The molecule has 0 spiro atoms. The number of nitrogens with one attached hydrogen (secondary N) is 2. The first-order valence-corrected chi connectivity index (χ1v) is 8.70. The normalized spacial score (nSPS) is 15.7. The van der Waals surface area contributed by atoms with Crippen molar-refractivity contribution in [3.8, 4) is 5.88 Å². The summed E-state index contributed by atoms with van der Waals surface area (Å²) in [6.45, 7) is 1.67. The van der Waals surface area contributed by atoms with Crippen molar-refractivity contribution in [1.29, 1.82) is 0 Å². The van der Waals surface area contributed by atoms with Crippen LogP contribution in [0.3, 0.4) is 0 Å². The molecule has 0 aliphatic carbocycles. The van der Waals surface area contributed by atoms with E-state index in [2.05, 4.69) is 20.4 Å². The molecule has 2 heterocycles. The summed E-state index contributed by atoms with van der Waals surface area (Å²) < 4.78 is 41.0. The number of alkyl halides is 3. The summed E-state index contributed by atoms with van der Waals surface area (Å²) in [5, 5.41) is 5.14. The number of benzene rings is 1. The lowest BCUT2D eigenvalue weighted by Gasteiger charge is -2.16. The molecule has 11 heteroatoms. The number of hydrogen-bond acceptors (Lipinski definition) is 5. The fraction of sp³-hybridized carbons (Fsp3) is 0.263. The molecule has 30 heavy (non-hydrogen) atoms. The van der Waals surface area contributed by atoms with Gasteiger partial charge < -0.3 is 15.4 Å². The van der Waals surface area contributed by atoms with E-state index in [-0.39, 0.29) is 17.1 Å². The molecule has 1 saturated heterocycles. The summed E-state index contributed by atoms with van der Waals surface area (Å²) in [4.78, 5) is 41.5. The Morgan fingerprint density at radius 1 is 1.23 bits per heavy atom. The lowest BCUT2D eigenvalue weighted by Crippen LogP contribution is -2.40. The van der Waals surface area contributed by atoms with Gasteiger partial charge in [-0.1, -0.05) is 6.07 Å². The van der Waals surface area contributed by atoms with Gasteiger partial charge in [-0.25, -0.2) is 14.7 Å². The number of halogens is 3. The van der Waals surface area contributed by atoms with Crippen LogP contribution in [-0.4, -0.2) is 41.2 Å². The van der Waals surface area contributed by atoms with Gasteiger partial charge in [0.2, 0.25) is 5.88 Å². The molecule has 0 atom stereocenters. The zero-order chi connectivity index (χ0) is 22.1. The Hall–Kier alpha value is -3.63. The third-order valence-electron chi connectivity index (χ3n) is 4.10. The van der Waals surface area contributed by atoms with Gasteiger partial charge >= 0.3 is 12.2 Å². The number of aromatic nitrogens is 1. The van der Waals surface area contributed by atoms with Crippen LogP contribution in [0.5, 0.6) is 5.88 Å². The summed E-state index contributed by atoms with van der Waals surface area (Å²) in [5.41, 5.74) is -0.385. The maximum atomic E-state index is 12.4. The van der Waals surface area contributed by atoms with Crippen LogP contribution in [-0.2, 0) is 4.79 Å². The minimum atomic E-state index is -4.49. The van der Waals surface area contributed by atoms with Crippen molar-refractivity contribution in [3.63, 3.8) is 0 Å². The second kappa shape index (κ2) is 7.65. The summed E-state index contributed by atoms with van der Waals surface area (Å²) in [6.07, 6.45) is -3.42. The Morgan fingerprint density at radius 3 is 2.53 bits per heavy atom. The number of rotatable bonds is 5. The van der Waals surface area contributed by atoms with Crippen LogP contribution in [0.1, 0.15) is 24.2 Å². The first-order chi connectivity index (χ1) is 14.0. The van der Waals surface area contributed by atoms with Gasteiger partial charge in [0, 0.05) is 18.0 Å². The minimum absolute atomic E-state index is 0.0795. The molecule has 3 rings (SSSR count). The van der Waals surface area contributed by atoms with Gasteiger partial charge in [-0.15, -0.1) is 0 Å². The molecule has 1 aromatic heterocycles. The van der Waals surface area contributed by atoms with Crippen LogP contribution in [0.2, 0.25) is 0 Å². The van der Waals surface area contributed by atoms with Crippen LogP contribution >= 0.6 is 0 Å². The van der Waals surface area contributed by atoms with Gasteiger partial charge in [-0.05, 0) is 38.1 Å². The van der Waals surface area contributed by atoms with E-state index in [1.807, 2.05) is 0 Å². The fourth-order valence-corrected chi connectivity index (χ4v) is 2.66. The molecule has 1 aromatic carbocycles. The largest absolute Gasteiger partial charge is 0.468 e. The van der Waals surface area contributed by atoms with Gasteiger partial charge in [-0.2, -0.15) is 13.2 Å². The zero-order valence-electron chi connectivity index (χ0n) is 15.9. The van der Waals surface area contributed by atoms with Crippen molar-refractivity contribution in [2.75, 3.05) is 16.8 Å². The molecule has 1 aliphatic heterocycles. The van der Waals surface area contributed by atoms with Crippen molar-refractivity contribution in [1.82, 2.24) is 10.3 Å². The number of hydrogen-bond donors (Lipinski definition) is 2. The van der Waals surface area contributed by atoms with Crippen LogP contribution in [0.15, 0.2) is 42.6 Å². The number of anilines is 2. The standard InChI is InChI=1S/C19H17F3N4O4/c1-18(2)16(28)26(17(29)25-18)13-5-3-4-12(8-13)24-15(27)11-6-7-14(23-9-11)30-10-19(20,21)22/h3-9H,10H2,1-2H3,(H,24,27)(H,25,29). The number of imide groups is 1. The first kappa shape index (κ1) is 21.1. The SMILES string of the molecule is CC1(C)NC(=O)N(c2cccc(NC(=O)c3ccc(OCC(F)(F)F)nc3)c2)C1=O. The highest BCUT2D eigenvalue weighted by Crippen LogP contribution is 2.27. The van der Waals surface area contributed by atoms with E-state index in [1.54, 1.807) is 32.0 Å². The van der Waals surface area contributed by atoms with E-state index in [1.165, 1.54) is 12.1 Å². The van der Waals surface area contributed by atoms with Gasteiger partial charge in [-0.3, -0.25) is 9.59 Å². The monoisotopic (exact) mass is 422 g/mol. The maximum Gasteiger partial charge on any atom is 0.422 e. The third-order valence-corrected chi connectivity index (χ3v) is 4.10. The Kier molecular flexibility index (Phi) is 5.38. The van der Waals surface area contributed by atoms with E-state index in [9.17, 15) is 27.6 Å². The Balaban J connectivity index is 1.70. The van der Waals surface area contributed by atoms with Crippen LogP contribution in [0.25, 0.3) is 0 Å². The number of ether oxygens (including phenoxy) is 1. The van der Waals surface area contributed by atoms with E-state index >= 15 is 0 Å². The van der Waals surface area contributed by atoms with Crippen LogP contribution in [0, 0.1) is 0 Å². The van der Waals surface area contributed by atoms with Gasteiger partial charge in [0.05, 0.1) is 11.3 Å². The van der Waals surface area contributed by atoms with E-state index in [4.69, 9.17) is 0 Å². The van der Waals surface area contributed by atoms with Crippen LogP contribution in [0.4, 0.5) is 29.3 Å². The fourth-order valence-electron chi connectivity index (χ4n) is 2.66. The molecule has 1 fully saturated rings. The lowest BCUT2D eigenvalue weighted by molar-refractivity contribution is -0.154. The second-order valence-corrected chi connectivity index (χ2v) is 6.99. The topological polar surface area (TPSA) is 101 Å². The highest BCUT2D eigenvalue weighted by Gasteiger charge is 2.45. The Labute approximate surface area is 169 Å². The van der Waals surface area contributed by atoms with Gasteiger partial charge in [0.25, 0.3) is 11.8 Å². The van der Waals surface area contributed by atoms with Gasteiger partial charge in [0.15, 0.2) is 6.61 Å². The molecular weight excluding hydrogens is 405 g/mol. The zero-order valence-corrected chi connectivity index (χ0v) is 15.9. The van der Waals surface area contributed by atoms with Crippen molar-refractivity contribution in [2.45, 2.75) is 25.6 Å². The number of carbonyl (C=O) groups is 3. The number of nitrogens with zero attached hydrogens (tertiary/aromatic N) is 2. The van der Waals surface area contributed by atoms with Crippen molar-refractivity contribution < 1.29 is 32.3 Å². The Bertz CT molecular complexity index is 990. The molecule has 0 bridgehead atoms. The average molecular weight is 422 g/mol. The number of pyridine rings is 1. The van der Waals surface area contributed by atoms with E-state index in [0.29, 0.717) is 5.69 Å². The molecule has 0 unspecified atom stereocenters. The van der Waals surface area contributed by atoms with Crippen LogP contribution < -0.4 is 20.3 Å². The highest BCUT2D eigenvalue weighted by molar-refractivity contribution is 6.23. The van der Waals surface area contributed by atoms with Gasteiger partial charge in [0.1, 0.15) is 5.54 Å². The maximum absolute atomic E-state index is 12.4. The molecule has 158 valence electrons. The Morgan fingerprint density at radius 2 is 1.97 bits per heavy atom. The molecule has 4 amide bonds. The molecule has 1 aliphatic rings. The lowest BCUT2D eigenvalue weighted by atomic mass is 10.1. The number of urea groups is 1. The molecule has 2 N–H and O–H groups in total.